The van der Waals surface area contributed by atoms with Crippen molar-refractivity contribution in [2.45, 2.75) is 13.0 Å². The Morgan fingerprint density at radius 2 is 1.97 bits per heavy atom. The number of carbonyl (C=O) groups is 3. The Hall–Kier alpha value is -3.73. The lowest BCUT2D eigenvalue weighted by atomic mass is 10.1. The Bertz CT molecular complexity index is 1090. The van der Waals surface area contributed by atoms with Crippen molar-refractivity contribution in [3.05, 3.63) is 68.2 Å². The van der Waals surface area contributed by atoms with Gasteiger partial charge < -0.3 is 9.84 Å². The van der Waals surface area contributed by atoms with Crippen molar-refractivity contribution >= 4 is 51.2 Å². The third-order valence-electron chi connectivity index (χ3n) is 4.10. The minimum Gasteiger partial charge on any atom is -0.479 e. The number of carboxylic acid groups (broad SMARTS) is 1. The summed E-state index contributed by atoms with van der Waals surface area (Å²) >= 11 is 3.12. The van der Waals surface area contributed by atoms with E-state index in [9.17, 15) is 24.5 Å². The van der Waals surface area contributed by atoms with Gasteiger partial charge in [-0.2, -0.15) is 0 Å². The third-order valence-corrected chi connectivity index (χ3v) is 4.69. The van der Waals surface area contributed by atoms with E-state index in [0.717, 1.165) is 11.1 Å². The molecule has 0 aromatic heterocycles. The van der Waals surface area contributed by atoms with Crippen LogP contribution in [0.5, 0.6) is 5.75 Å². The fourth-order valence-corrected chi connectivity index (χ4v) is 3.21. The standard InChI is InChI=1S/C19H14BrN3O7/c1-10(19(26)27)30-16-14(20)8-11(9-15(16)23(28)29)7-13-17(24)21-22(18(13)25)12-5-3-2-4-6-12/h2-10H,1H3,(H,21,24)(H,26,27)/b13-7-/t10-/m0/s1. The van der Waals surface area contributed by atoms with Crippen molar-refractivity contribution in [2.75, 3.05) is 5.01 Å². The molecule has 11 heteroatoms. The molecule has 0 radical (unpaired) electrons. The van der Waals surface area contributed by atoms with E-state index in [1.807, 2.05) is 0 Å². The number of rotatable bonds is 6. The van der Waals surface area contributed by atoms with Crippen LogP contribution in [0.15, 0.2) is 52.5 Å². The second kappa shape index (κ2) is 8.33. The second-order valence-corrected chi connectivity index (χ2v) is 7.04. The number of benzene rings is 2. The largest absolute Gasteiger partial charge is 0.479 e. The van der Waals surface area contributed by atoms with E-state index in [-0.39, 0.29) is 21.4 Å². The Morgan fingerprint density at radius 1 is 1.30 bits per heavy atom. The van der Waals surface area contributed by atoms with Gasteiger partial charge >= 0.3 is 11.7 Å². The minimum absolute atomic E-state index is 0.0995. The van der Waals surface area contributed by atoms with Crippen molar-refractivity contribution in [1.29, 1.82) is 0 Å². The molecule has 154 valence electrons. The fraction of sp³-hybridized carbons (Fsp3) is 0.105. The van der Waals surface area contributed by atoms with Crippen molar-refractivity contribution < 1.29 is 29.2 Å². The molecule has 0 bridgehead atoms. The van der Waals surface area contributed by atoms with Crippen LogP contribution in [0.4, 0.5) is 11.4 Å². The quantitative estimate of drug-likeness (QED) is 0.283. The lowest BCUT2D eigenvalue weighted by Crippen LogP contribution is -2.35. The van der Waals surface area contributed by atoms with E-state index in [4.69, 9.17) is 9.84 Å². The second-order valence-electron chi connectivity index (χ2n) is 6.18. The topological polar surface area (TPSA) is 139 Å². The normalized spacial score (nSPS) is 15.8. The number of aliphatic carboxylic acids is 1. The Labute approximate surface area is 178 Å². The summed E-state index contributed by atoms with van der Waals surface area (Å²) in [5.74, 6) is -2.85. The maximum atomic E-state index is 12.7. The molecule has 1 fully saturated rings. The average molecular weight is 476 g/mol. The number of hydrazine groups is 1. The molecule has 0 saturated carbocycles. The van der Waals surface area contributed by atoms with Gasteiger partial charge in [-0.1, -0.05) is 18.2 Å². The molecule has 1 heterocycles. The summed E-state index contributed by atoms with van der Waals surface area (Å²) in [4.78, 5) is 46.7. The van der Waals surface area contributed by atoms with Crippen molar-refractivity contribution in [3.8, 4) is 5.75 Å². The van der Waals surface area contributed by atoms with E-state index in [1.165, 1.54) is 19.1 Å². The molecule has 2 aromatic carbocycles. The van der Waals surface area contributed by atoms with Crippen molar-refractivity contribution in [1.82, 2.24) is 5.43 Å². The van der Waals surface area contributed by atoms with Gasteiger partial charge in [0, 0.05) is 6.07 Å². The van der Waals surface area contributed by atoms with Gasteiger partial charge in [-0.25, -0.2) is 9.80 Å². The summed E-state index contributed by atoms with van der Waals surface area (Å²) in [5, 5.41) is 21.5. The summed E-state index contributed by atoms with van der Waals surface area (Å²) in [6, 6.07) is 10.9. The molecule has 1 atom stereocenters. The lowest BCUT2D eigenvalue weighted by molar-refractivity contribution is -0.386. The van der Waals surface area contributed by atoms with Gasteiger partial charge in [-0.15, -0.1) is 0 Å². The summed E-state index contributed by atoms with van der Waals surface area (Å²) in [7, 11) is 0. The third kappa shape index (κ3) is 4.15. The molecular formula is C19H14BrN3O7. The number of hydrogen-bond acceptors (Lipinski definition) is 6. The van der Waals surface area contributed by atoms with E-state index < -0.39 is 34.5 Å². The zero-order valence-electron chi connectivity index (χ0n) is 15.4. The maximum Gasteiger partial charge on any atom is 0.344 e. The van der Waals surface area contributed by atoms with Gasteiger partial charge in [0.1, 0.15) is 5.57 Å². The highest BCUT2D eigenvalue weighted by molar-refractivity contribution is 9.10. The van der Waals surface area contributed by atoms with Gasteiger partial charge in [0.25, 0.3) is 11.8 Å². The van der Waals surface area contributed by atoms with Gasteiger partial charge in [-0.05, 0) is 52.7 Å². The van der Waals surface area contributed by atoms with E-state index in [2.05, 4.69) is 21.4 Å². The molecule has 1 saturated heterocycles. The fourth-order valence-electron chi connectivity index (χ4n) is 2.65. The molecular weight excluding hydrogens is 462 g/mol. The van der Waals surface area contributed by atoms with Gasteiger partial charge in [0.15, 0.2) is 6.10 Å². The lowest BCUT2D eigenvalue weighted by Gasteiger charge is -2.14. The van der Waals surface area contributed by atoms with Crippen LogP contribution in [0.1, 0.15) is 12.5 Å². The summed E-state index contributed by atoms with van der Waals surface area (Å²) in [5.41, 5.74) is 2.33. The predicted octanol–water partition coefficient (Wildman–Crippen LogP) is 2.67. The molecule has 0 unspecified atom stereocenters. The number of nitro groups is 1. The number of nitrogens with zero attached hydrogens (tertiary/aromatic N) is 2. The first-order chi connectivity index (χ1) is 14.2. The molecule has 1 aliphatic heterocycles. The molecule has 10 nitrogen and oxygen atoms in total. The number of ether oxygens (including phenoxy) is 1. The molecule has 0 spiro atoms. The SMILES string of the molecule is C[C@H](Oc1c(Br)cc(/C=C2/C(=O)NN(c3ccccc3)C2=O)cc1[N+](=O)[O-])C(=O)O. The van der Waals surface area contributed by atoms with Crippen LogP contribution >= 0.6 is 15.9 Å². The molecule has 3 rings (SSSR count). The van der Waals surface area contributed by atoms with Crippen LogP contribution in [-0.4, -0.2) is 33.9 Å². The first-order valence-electron chi connectivity index (χ1n) is 8.48. The number of halogens is 1. The number of para-hydroxylation sites is 1. The molecule has 2 aromatic rings. The van der Waals surface area contributed by atoms with E-state index in [1.54, 1.807) is 30.3 Å². The first kappa shape index (κ1) is 21.0. The summed E-state index contributed by atoms with van der Waals surface area (Å²) in [6.45, 7) is 1.23. The van der Waals surface area contributed by atoms with Crippen LogP contribution in [-0.2, 0) is 14.4 Å². The highest BCUT2D eigenvalue weighted by Crippen LogP contribution is 2.38. The van der Waals surface area contributed by atoms with Gasteiger partial charge in [-0.3, -0.25) is 25.1 Å². The first-order valence-corrected chi connectivity index (χ1v) is 9.28. The smallest absolute Gasteiger partial charge is 0.344 e. The monoisotopic (exact) mass is 475 g/mol. The highest BCUT2D eigenvalue weighted by atomic mass is 79.9. The van der Waals surface area contributed by atoms with E-state index in [0.29, 0.717) is 5.69 Å². The maximum absolute atomic E-state index is 12.7. The van der Waals surface area contributed by atoms with Crippen LogP contribution in [0, 0.1) is 10.1 Å². The summed E-state index contributed by atoms with van der Waals surface area (Å²) in [6.07, 6.45) is -0.117. The zero-order chi connectivity index (χ0) is 22.0. The number of anilines is 1. The van der Waals surface area contributed by atoms with Gasteiger partial charge in [0.2, 0.25) is 5.75 Å². The van der Waals surface area contributed by atoms with E-state index >= 15 is 0 Å². The van der Waals surface area contributed by atoms with Gasteiger partial charge in [0.05, 0.1) is 15.1 Å². The van der Waals surface area contributed by atoms with Crippen molar-refractivity contribution in [2.24, 2.45) is 0 Å². The molecule has 2 amide bonds. The van der Waals surface area contributed by atoms with Crippen molar-refractivity contribution in [3.63, 3.8) is 0 Å². The number of nitrogens with one attached hydrogen (secondary N) is 1. The summed E-state index contributed by atoms with van der Waals surface area (Å²) < 4.78 is 5.28. The van der Waals surface area contributed by atoms with Crippen LogP contribution < -0.4 is 15.2 Å². The molecule has 2 N–H and O–H groups in total. The zero-order valence-corrected chi connectivity index (χ0v) is 17.0. The molecule has 1 aliphatic rings. The number of carboxylic acids is 1. The Balaban J connectivity index is 1.99. The number of hydrogen-bond donors (Lipinski definition) is 2. The molecule has 0 aliphatic carbocycles. The predicted molar refractivity (Wildman–Crippen MR) is 109 cm³/mol. The minimum atomic E-state index is -1.33. The number of nitro benzene ring substituents is 1. The average Bonchev–Trinajstić information content (AvgIpc) is 2.98. The molecule has 30 heavy (non-hydrogen) atoms. The Morgan fingerprint density at radius 3 is 2.57 bits per heavy atom. The van der Waals surface area contributed by atoms with Crippen LogP contribution in [0.25, 0.3) is 6.08 Å². The number of carbonyl (C=O) groups excluding carboxylic acids is 2. The van der Waals surface area contributed by atoms with Crippen LogP contribution in [0.2, 0.25) is 0 Å². The van der Waals surface area contributed by atoms with Crippen LogP contribution in [0.3, 0.4) is 0 Å². The Kier molecular flexibility index (Phi) is 5.83. The number of amides is 2. The highest BCUT2D eigenvalue weighted by Gasteiger charge is 2.34.